The molecule has 2 aromatic rings. The first-order valence-corrected chi connectivity index (χ1v) is 6.08. The van der Waals surface area contributed by atoms with Crippen LogP contribution in [0.4, 0.5) is 10.1 Å². The van der Waals surface area contributed by atoms with Gasteiger partial charge in [0, 0.05) is 19.3 Å². The molecule has 0 radical (unpaired) electrons. The van der Waals surface area contributed by atoms with Crippen molar-refractivity contribution in [1.82, 2.24) is 9.55 Å². The van der Waals surface area contributed by atoms with Gasteiger partial charge in [-0.25, -0.2) is 14.2 Å². The summed E-state index contributed by atoms with van der Waals surface area (Å²) in [5.41, 5.74) is 4.76. The lowest BCUT2D eigenvalue weighted by atomic mass is 10.1. The van der Waals surface area contributed by atoms with Crippen LogP contribution in [-0.4, -0.2) is 33.1 Å². The maximum Gasteiger partial charge on any atom is 0.340 e. The highest BCUT2D eigenvalue weighted by Crippen LogP contribution is 2.19. The summed E-state index contributed by atoms with van der Waals surface area (Å²) in [5, 5.41) is 11.3. The van der Waals surface area contributed by atoms with Crippen molar-refractivity contribution in [3.63, 3.8) is 0 Å². The molecule has 1 amide bonds. The van der Waals surface area contributed by atoms with E-state index in [-0.39, 0.29) is 11.4 Å². The molecular formula is C13H13FN4O3. The monoisotopic (exact) mass is 292 g/mol. The maximum atomic E-state index is 13.5. The van der Waals surface area contributed by atoms with E-state index in [4.69, 9.17) is 10.8 Å². The summed E-state index contributed by atoms with van der Waals surface area (Å²) < 4.78 is 15.1. The van der Waals surface area contributed by atoms with Crippen LogP contribution in [0.15, 0.2) is 30.7 Å². The van der Waals surface area contributed by atoms with Crippen LogP contribution in [0, 0.1) is 5.82 Å². The Kier molecular flexibility index (Phi) is 4.29. The first-order valence-electron chi connectivity index (χ1n) is 6.08. The zero-order valence-electron chi connectivity index (χ0n) is 10.9. The molecule has 4 N–H and O–H groups in total. The number of nitrogens with zero attached hydrogens (tertiary/aromatic N) is 2. The zero-order valence-corrected chi connectivity index (χ0v) is 10.9. The molecule has 0 aliphatic carbocycles. The Morgan fingerprint density at radius 3 is 2.86 bits per heavy atom. The number of amides is 1. The average molecular weight is 292 g/mol. The van der Waals surface area contributed by atoms with E-state index in [0.717, 1.165) is 6.07 Å². The number of benzene rings is 1. The van der Waals surface area contributed by atoms with Crippen molar-refractivity contribution in [1.29, 1.82) is 0 Å². The van der Waals surface area contributed by atoms with Crippen molar-refractivity contribution in [2.24, 2.45) is 5.73 Å². The van der Waals surface area contributed by atoms with Crippen molar-refractivity contribution in [3.05, 3.63) is 47.8 Å². The summed E-state index contributed by atoms with van der Waals surface area (Å²) in [6, 6.07) is 3.63. The van der Waals surface area contributed by atoms with E-state index in [9.17, 15) is 14.0 Å². The molecule has 0 saturated heterocycles. The molecule has 0 fully saturated rings. The van der Waals surface area contributed by atoms with E-state index >= 15 is 0 Å². The van der Waals surface area contributed by atoms with Crippen LogP contribution in [-0.2, 0) is 6.54 Å². The second-order valence-electron chi connectivity index (χ2n) is 4.21. The molecule has 8 heteroatoms. The average Bonchev–Trinajstić information content (AvgIpc) is 2.87. The van der Waals surface area contributed by atoms with Gasteiger partial charge in [0.2, 0.25) is 0 Å². The van der Waals surface area contributed by atoms with Crippen molar-refractivity contribution < 1.29 is 19.1 Å². The van der Waals surface area contributed by atoms with Crippen molar-refractivity contribution >= 4 is 17.6 Å². The topological polar surface area (TPSA) is 110 Å². The first kappa shape index (κ1) is 14.7. The highest BCUT2D eigenvalue weighted by molar-refractivity contribution is 6.06. The number of carboxylic acid groups (broad SMARTS) is 1. The van der Waals surface area contributed by atoms with Gasteiger partial charge in [0.1, 0.15) is 17.1 Å². The standard InChI is InChI=1S/C13H13FN4O3/c14-8-2-1-3-9(11(8)13(20)21)17-12(19)10-6-18(5-4-15)7-16-10/h1-3,6-7H,4-5,15H2,(H,17,19)(H,20,21). The van der Waals surface area contributed by atoms with Crippen molar-refractivity contribution in [3.8, 4) is 0 Å². The fourth-order valence-corrected chi connectivity index (χ4v) is 1.78. The normalized spacial score (nSPS) is 10.4. The Hall–Kier alpha value is -2.74. The summed E-state index contributed by atoms with van der Waals surface area (Å²) in [5.74, 6) is -3.01. The Morgan fingerprint density at radius 2 is 2.19 bits per heavy atom. The highest BCUT2D eigenvalue weighted by Gasteiger charge is 2.18. The van der Waals surface area contributed by atoms with Gasteiger partial charge < -0.3 is 20.7 Å². The zero-order chi connectivity index (χ0) is 15.4. The molecular weight excluding hydrogens is 279 g/mol. The van der Waals surface area contributed by atoms with Gasteiger partial charge in [-0.2, -0.15) is 0 Å². The quantitative estimate of drug-likeness (QED) is 0.759. The molecule has 0 aliphatic heterocycles. The molecule has 21 heavy (non-hydrogen) atoms. The largest absolute Gasteiger partial charge is 0.478 e. The summed E-state index contributed by atoms with van der Waals surface area (Å²) >= 11 is 0. The van der Waals surface area contributed by atoms with Gasteiger partial charge in [-0.15, -0.1) is 0 Å². The molecule has 0 bridgehead atoms. The van der Waals surface area contributed by atoms with Gasteiger partial charge in [-0.1, -0.05) is 6.07 Å². The van der Waals surface area contributed by atoms with Crippen LogP contribution in [0.3, 0.4) is 0 Å². The number of carbonyl (C=O) groups is 2. The van der Waals surface area contributed by atoms with Crippen molar-refractivity contribution in [2.75, 3.05) is 11.9 Å². The molecule has 1 aromatic heterocycles. The second-order valence-corrected chi connectivity index (χ2v) is 4.21. The number of aromatic nitrogens is 2. The summed E-state index contributed by atoms with van der Waals surface area (Å²) in [7, 11) is 0. The molecule has 0 aliphatic rings. The number of hydrogen-bond donors (Lipinski definition) is 3. The Balaban J connectivity index is 2.23. The van der Waals surface area contributed by atoms with Crippen LogP contribution in [0.1, 0.15) is 20.8 Å². The van der Waals surface area contributed by atoms with Crippen LogP contribution in [0.25, 0.3) is 0 Å². The highest BCUT2D eigenvalue weighted by atomic mass is 19.1. The summed E-state index contributed by atoms with van der Waals surface area (Å²) in [6.45, 7) is 0.894. The number of nitrogens with one attached hydrogen (secondary N) is 1. The van der Waals surface area contributed by atoms with Gasteiger partial charge in [-0.3, -0.25) is 4.79 Å². The fourth-order valence-electron chi connectivity index (χ4n) is 1.78. The van der Waals surface area contributed by atoms with Gasteiger partial charge in [0.25, 0.3) is 5.91 Å². The molecule has 0 spiro atoms. The number of anilines is 1. The first-order chi connectivity index (χ1) is 10.0. The lowest BCUT2D eigenvalue weighted by Crippen LogP contribution is -2.16. The van der Waals surface area contributed by atoms with E-state index in [2.05, 4.69) is 10.3 Å². The minimum Gasteiger partial charge on any atom is -0.478 e. The van der Waals surface area contributed by atoms with Gasteiger partial charge in [0.15, 0.2) is 0 Å². The third-order valence-corrected chi connectivity index (χ3v) is 2.73. The van der Waals surface area contributed by atoms with Gasteiger partial charge >= 0.3 is 5.97 Å². The van der Waals surface area contributed by atoms with Crippen LogP contribution in [0.5, 0.6) is 0 Å². The lowest BCUT2D eigenvalue weighted by Gasteiger charge is -2.07. The maximum absolute atomic E-state index is 13.5. The minimum absolute atomic E-state index is 0.0871. The summed E-state index contributed by atoms with van der Waals surface area (Å²) in [6.07, 6.45) is 2.91. The SMILES string of the molecule is NCCn1cnc(C(=O)Nc2cccc(F)c2C(=O)O)c1. The molecule has 2 rings (SSSR count). The van der Waals surface area contributed by atoms with Crippen molar-refractivity contribution in [2.45, 2.75) is 6.54 Å². The number of rotatable bonds is 5. The number of carbonyl (C=O) groups excluding carboxylic acids is 1. The van der Waals surface area contributed by atoms with Crippen LogP contribution in [0.2, 0.25) is 0 Å². The Morgan fingerprint density at radius 1 is 1.43 bits per heavy atom. The van der Waals surface area contributed by atoms with E-state index in [0.29, 0.717) is 13.1 Å². The van der Waals surface area contributed by atoms with Gasteiger partial charge in [-0.05, 0) is 12.1 Å². The molecule has 0 unspecified atom stereocenters. The predicted molar refractivity (Wildman–Crippen MR) is 72.6 cm³/mol. The number of nitrogens with two attached hydrogens (primary N) is 1. The third-order valence-electron chi connectivity index (χ3n) is 2.73. The third kappa shape index (κ3) is 3.23. The van der Waals surface area contributed by atoms with E-state index in [1.54, 1.807) is 4.57 Å². The number of aromatic carboxylic acids is 1. The number of carboxylic acids is 1. The van der Waals surface area contributed by atoms with Crippen LogP contribution < -0.4 is 11.1 Å². The lowest BCUT2D eigenvalue weighted by molar-refractivity contribution is 0.0693. The summed E-state index contributed by atoms with van der Waals surface area (Å²) in [4.78, 5) is 26.9. The molecule has 1 heterocycles. The predicted octanol–water partition coefficient (Wildman–Crippen LogP) is 0.931. The number of hydrogen-bond acceptors (Lipinski definition) is 4. The van der Waals surface area contributed by atoms with Gasteiger partial charge in [0.05, 0.1) is 12.0 Å². The molecule has 7 nitrogen and oxygen atoms in total. The Labute approximate surface area is 119 Å². The van der Waals surface area contributed by atoms with E-state index < -0.39 is 23.3 Å². The Bertz CT molecular complexity index is 684. The molecule has 110 valence electrons. The molecule has 0 saturated carbocycles. The minimum atomic E-state index is -1.46. The molecule has 1 aromatic carbocycles. The number of imidazole rings is 1. The van der Waals surface area contributed by atoms with E-state index in [1.165, 1.54) is 24.7 Å². The van der Waals surface area contributed by atoms with Crippen LogP contribution >= 0.6 is 0 Å². The fraction of sp³-hybridized carbons (Fsp3) is 0.154. The number of halogens is 1. The second kappa shape index (κ2) is 6.14. The smallest absolute Gasteiger partial charge is 0.340 e. The van der Waals surface area contributed by atoms with E-state index in [1.807, 2.05) is 0 Å². The molecule has 0 atom stereocenters.